The largest absolute Gasteiger partial charge is 0.391 e. The Morgan fingerprint density at radius 3 is 2.44 bits per heavy atom. The van der Waals surface area contributed by atoms with Gasteiger partial charge >= 0.3 is 0 Å². The van der Waals surface area contributed by atoms with Crippen molar-refractivity contribution in [3.8, 4) is 0 Å². The molecule has 2 aromatic rings. The number of nitrogens with zero attached hydrogens (tertiary/aromatic N) is 1. The molecule has 0 atom stereocenters. The molecule has 0 N–H and O–H groups in total. The zero-order chi connectivity index (χ0) is 12.8. The van der Waals surface area contributed by atoms with Gasteiger partial charge in [0.2, 0.25) is 0 Å². The Bertz CT molecular complexity index is 538. The summed E-state index contributed by atoms with van der Waals surface area (Å²) in [5.74, 6) is -0.653. The lowest BCUT2D eigenvalue weighted by Crippen LogP contribution is -1.90. The lowest BCUT2D eigenvalue weighted by Gasteiger charge is -1.99. The Hall–Kier alpha value is -2.23. The second-order valence-corrected chi connectivity index (χ2v) is 3.66. The van der Waals surface area contributed by atoms with Crippen LogP contribution in [0.1, 0.15) is 11.1 Å². The summed E-state index contributed by atoms with van der Waals surface area (Å²) in [6.45, 7) is 0.214. The minimum atomic E-state index is -0.355. The fourth-order valence-corrected chi connectivity index (χ4v) is 1.37. The van der Waals surface area contributed by atoms with Crippen molar-refractivity contribution in [2.24, 2.45) is 5.16 Å². The normalized spacial score (nSPS) is 10.8. The second-order valence-electron chi connectivity index (χ2n) is 3.66. The Kier molecular flexibility index (Phi) is 4.02. The molecule has 0 radical (unpaired) electrons. The highest BCUT2D eigenvalue weighted by atomic mass is 19.1. The first-order chi connectivity index (χ1) is 8.75. The smallest absolute Gasteiger partial charge is 0.142 e. The van der Waals surface area contributed by atoms with Gasteiger partial charge in [-0.3, -0.25) is 0 Å². The molecule has 0 fully saturated rings. The van der Waals surface area contributed by atoms with Crippen LogP contribution in [-0.2, 0) is 11.4 Å². The fraction of sp³-hybridized carbons (Fsp3) is 0.0714. The van der Waals surface area contributed by atoms with Gasteiger partial charge in [0.25, 0.3) is 0 Å². The van der Waals surface area contributed by atoms with Crippen molar-refractivity contribution >= 4 is 6.21 Å². The van der Waals surface area contributed by atoms with Crippen LogP contribution in [0.4, 0.5) is 8.78 Å². The molecule has 4 heteroatoms. The monoisotopic (exact) mass is 247 g/mol. The fourth-order valence-electron chi connectivity index (χ4n) is 1.37. The molecule has 0 amide bonds. The van der Waals surface area contributed by atoms with Gasteiger partial charge in [0.15, 0.2) is 0 Å². The highest BCUT2D eigenvalue weighted by Gasteiger charge is 1.96. The van der Waals surface area contributed by atoms with Gasteiger partial charge in [-0.05, 0) is 23.8 Å². The van der Waals surface area contributed by atoms with Crippen LogP contribution in [0.5, 0.6) is 0 Å². The van der Waals surface area contributed by atoms with E-state index in [0.29, 0.717) is 5.56 Å². The number of oxime groups is 1. The Morgan fingerprint density at radius 2 is 1.72 bits per heavy atom. The number of benzene rings is 2. The number of hydrogen-bond donors (Lipinski definition) is 0. The quantitative estimate of drug-likeness (QED) is 0.598. The number of hydrogen-bond acceptors (Lipinski definition) is 2. The summed E-state index contributed by atoms with van der Waals surface area (Å²) in [4.78, 5) is 5.00. The average molecular weight is 247 g/mol. The van der Waals surface area contributed by atoms with Crippen LogP contribution in [0.2, 0.25) is 0 Å². The molecule has 0 aromatic heterocycles. The van der Waals surface area contributed by atoms with Gasteiger partial charge in [0.05, 0.1) is 6.21 Å². The second kappa shape index (κ2) is 5.91. The maximum atomic E-state index is 13.2. The van der Waals surface area contributed by atoms with Crippen LogP contribution in [0, 0.1) is 11.6 Å². The van der Waals surface area contributed by atoms with E-state index in [0.717, 1.165) is 5.56 Å². The molecule has 0 aliphatic rings. The summed E-state index contributed by atoms with van der Waals surface area (Å²) in [5, 5.41) is 3.66. The zero-order valence-corrected chi connectivity index (χ0v) is 9.51. The van der Waals surface area contributed by atoms with Gasteiger partial charge in [-0.2, -0.15) is 0 Å². The minimum Gasteiger partial charge on any atom is -0.391 e. The van der Waals surface area contributed by atoms with E-state index in [1.165, 1.54) is 24.4 Å². The molecule has 0 unspecified atom stereocenters. The number of halogens is 2. The lowest BCUT2D eigenvalue weighted by molar-refractivity contribution is 0.132. The third kappa shape index (κ3) is 3.38. The first-order valence-corrected chi connectivity index (χ1v) is 5.40. The maximum Gasteiger partial charge on any atom is 0.142 e. The maximum absolute atomic E-state index is 13.2. The Labute approximate surface area is 104 Å². The standard InChI is InChI=1S/C14H11F2NO/c15-13-7-5-11(6-8-13)10-18-17-9-12-3-1-2-4-14(12)16/h1-9H,10H2. The Morgan fingerprint density at radius 1 is 1.00 bits per heavy atom. The van der Waals surface area contributed by atoms with Crippen LogP contribution in [-0.4, -0.2) is 6.21 Å². The summed E-state index contributed by atoms with van der Waals surface area (Å²) < 4.78 is 25.8. The molecular formula is C14H11F2NO. The van der Waals surface area contributed by atoms with Gasteiger partial charge < -0.3 is 4.84 Å². The molecule has 0 bridgehead atoms. The van der Waals surface area contributed by atoms with Crippen molar-refractivity contribution in [2.75, 3.05) is 0 Å². The van der Waals surface area contributed by atoms with Crippen molar-refractivity contribution in [1.82, 2.24) is 0 Å². The van der Waals surface area contributed by atoms with Crippen LogP contribution >= 0.6 is 0 Å². The number of rotatable bonds is 4. The summed E-state index contributed by atoms with van der Waals surface area (Å²) in [6.07, 6.45) is 1.30. The summed E-state index contributed by atoms with van der Waals surface area (Å²) in [7, 11) is 0. The first kappa shape index (κ1) is 12.2. The van der Waals surface area contributed by atoms with Gasteiger partial charge in [0, 0.05) is 5.56 Å². The molecule has 0 heterocycles. The van der Waals surface area contributed by atoms with Crippen LogP contribution in [0.15, 0.2) is 53.7 Å². The molecule has 2 rings (SSSR count). The molecule has 92 valence electrons. The van der Waals surface area contributed by atoms with Crippen LogP contribution in [0.3, 0.4) is 0 Å². The molecule has 0 spiro atoms. The SMILES string of the molecule is Fc1ccc(CON=Cc2ccccc2F)cc1. The molecule has 2 nitrogen and oxygen atoms in total. The molecule has 0 saturated carbocycles. The average Bonchev–Trinajstić information content (AvgIpc) is 2.39. The highest BCUT2D eigenvalue weighted by molar-refractivity contribution is 5.79. The predicted octanol–water partition coefficient (Wildman–Crippen LogP) is 3.52. The van der Waals surface area contributed by atoms with Gasteiger partial charge in [0.1, 0.15) is 18.2 Å². The molecule has 0 aliphatic heterocycles. The van der Waals surface area contributed by atoms with Gasteiger partial charge in [-0.25, -0.2) is 8.78 Å². The summed E-state index contributed by atoms with van der Waals surface area (Å²) in [6, 6.07) is 12.2. The van der Waals surface area contributed by atoms with E-state index in [9.17, 15) is 8.78 Å². The molecule has 18 heavy (non-hydrogen) atoms. The zero-order valence-electron chi connectivity index (χ0n) is 9.51. The lowest BCUT2D eigenvalue weighted by atomic mass is 10.2. The first-order valence-electron chi connectivity index (χ1n) is 5.40. The van der Waals surface area contributed by atoms with E-state index in [2.05, 4.69) is 5.16 Å². The van der Waals surface area contributed by atoms with Gasteiger partial charge in [-0.15, -0.1) is 0 Å². The highest BCUT2D eigenvalue weighted by Crippen LogP contribution is 2.05. The van der Waals surface area contributed by atoms with E-state index in [4.69, 9.17) is 4.84 Å². The van der Waals surface area contributed by atoms with Crippen LogP contribution < -0.4 is 0 Å². The molecular weight excluding hydrogens is 236 g/mol. The van der Waals surface area contributed by atoms with E-state index < -0.39 is 0 Å². The van der Waals surface area contributed by atoms with Crippen molar-refractivity contribution in [3.63, 3.8) is 0 Å². The minimum absolute atomic E-state index is 0.214. The molecule has 0 aliphatic carbocycles. The summed E-state index contributed by atoms with van der Waals surface area (Å²) >= 11 is 0. The van der Waals surface area contributed by atoms with E-state index in [-0.39, 0.29) is 18.2 Å². The van der Waals surface area contributed by atoms with E-state index in [1.54, 1.807) is 30.3 Å². The molecule has 0 saturated heterocycles. The third-order valence-electron chi connectivity index (χ3n) is 2.32. The van der Waals surface area contributed by atoms with Crippen molar-refractivity contribution in [2.45, 2.75) is 6.61 Å². The topological polar surface area (TPSA) is 21.6 Å². The van der Waals surface area contributed by atoms with E-state index in [1.807, 2.05) is 0 Å². The van der Waals surface area contributed by atoms with Crippen molar-refractivity contribution in [1.29, 1.82) is 0 Å². The van der Waals surface area contributed by atoms with Gasteiger partial charge in [-0.1, -0.05) is 35.5 Å². The third-order valence-corrected chi connectivity index (χ3v) is 2.32. The predicted molar refractivity (Wildman–Crippen MR) is 65.2 cm³/mol. The van der Waals surface area contributed by atoms with Crippen LogP contribution in [0.25, 0.3) is 0 Å². The summed E-state index contributed by atoms with van der Waals surface area (Å²) in [5.41, 5.74) is 1.15. The molecule has 2 aromatic carbocycles. The Balaban J connectivity index is 1.89. The van der Waals surface area contributed by atoms with Crippen molar-refractivity contribution < 1.29 is 13.6 Å². The van der Waals surface area contributed by atoms with E-state index >= 15 is 0 Å². The van der Waals surface area contributed by atoms with Crippen molar-refractivity contribution in [3.05, 3.63) is 71.3 Å².